The van der Waals surface area contributed by atoms with E-state index in [0.29, 0.717) is 5.56 Å². The van der Waals surface area contributed by atoms with E-state index in [1.807, 2.05) is 12.1 Å². The van der Waals surface area contributed by atoms with Crippen molar-refractivity contribution in [1.82, 2.24) is 0 Å². The molecule has 0 radical (unpaired) electrons. The molecule has 2 unspecified atom stereocenters. The van der Waals surface area contributed by atoms with Crippen LogP contribution in [-0.2, 0) is 5.41 Å². The lowest BCUT2D eigenvalue weighted by atomic mass is 9.95. The first-order chi connectivity index (χ1) is 8.13. The van der Waals surface area contributed by atoms with Crippen LogP contribution in [0, 0.1) is 11.3 Å². The van der Waals surface area contributed by atoms with E-state index in [0.717, 1.165) is 18.4 Å². The minimum atomic E-state index is -0.918. The number of nitrogens with zero attached hydrogens (tertiary/aromatic N) is 1. The van der Waals surface area contributed by atoms with Crippen LogP contribution in [0.15, 0.2) is 24.3 Å². The second-order valence-corrected chi connectivity index (χ2v) is 4.88. The molecule has 1 aliphatic rings. The lowest BCUT2D eigenvalue weighted by molar-refractivity contribution is 0.0337. The molecular weight excluding hydrogens is 234 g/mol. The summed E-state index contributed by atoms with van der Waals surface area (Å²) in [6.07, 6.45) is 0.0313. The maximum atomic E-state index is 9.79. The molecule has 2 rings (SSSR count). The van der Waals surface area contributed by atoms with E-state index in [1.54, 1.807) is 12.1 Å². The predicted molar refractivity (Wildman–Crippen MR) is 67.8 cm³/mol. The fourth-order valence-corrected chi connectivity index (χ4v) is 2.11. The van der Waals surface area contributed by atoms with Gasteiger partial charge in [-0.3, -0.25) is 0 Å². The second kappa shape index (κ2) is 4.69. The highest BCUT2D eigenvalue weighted by atomic mass is 32.1. The van der Waals surface area contributed by atoms with Crippen molar-refractivity contribution in [3.63, 3.8) is 0 Å². The number of benzene rings is 1. The number of hydrogen-bond donors (Lipinski definition) is 3. The van der Waals surface area contributed by atoms with E-state index in [9.17, 15) is 10.2 Å². The van der Waals surface area contributed by atoms with Crippen molar-refractivity contribution in [2.24, 2.45) is 0 Å². The number of nitriles is 1. The summed E-state index contributed by atoms with van der Waals surface area (Å²) < 4.78 is 0. The SMILES string of the molecule is N#CC1(c2ccc(C(O)C(O)CS)cc2)CC1. The molecule has 0 heterocycles. The lowest BCUT2D eigenvalue weighted by Gasteiger charge is -2.17. The number of hydrogen-bond acceptors (Lipinski definition) is 4. The van der Waals surface area contributed by atoms with Crippen LogP contribution in [0.2, 0.25) is 0 Å². The van der Waals surface area contributed by atoms with Gasteiger partial charge in [0.1, 0.15) is 6.10 Å². The van der Waals surface area contributed by atoms with Gasteiger partial charge in [0.05, 0.1) is 17.6 Å². The Morgan fingerprint density at radius 3 is 2.29 bits per heavy atom. The summed E-state index contributed by atoms with van der Waals surface area (Å²) in [6.45, 7) is 0. The molecule has 1 aromatic rings. The van der Waals surface area contributed by atoms with Crippen LogP contribution < -0.4 is 0 Å². The highest BCUT2D eigenvalue weighted by Crippen LogP contribution is 2.47. The Labute approximate surface area is 106 Å². The summed E-state index contributed by atoms with van der Waals surface area (Å²) in [7, 11) is 0. The largest absolute Gasteiger partial charge is 0.389 e. The highest BCUT2D eigenvalue weighted by Gasteiger charge is 2.44. The first kappa shape index (κ1) is 12.4. The number of aliphatic hydroxyl groups excluding tert-OH is 2. The average Bonchev–Trinajstić information content (AvgIpc) is 3.18. The molecule has 0 aromatic heterocycles. The van der Waals surface area contributed by atoms with E-state index in [4.69, 9.17) is 5.26 Å². The third kappa shape index (κ3) is 2.32. The molecule has 4 heteroatoms. The van der Waals surface area contributed by atoms with Gasteiger partial charge in [0.15, 0.2) is 0 Å². The summed E-state index contributed by atoms with van der Waals surface area (Å²) >= 11 is 3.94. The van der Waals surface area contributed by atoms with Gasteiger partial charge in [-0.1, -0.05) is 24.3 Å². The monoisotopic (exact) mass is 249 g/mol. The molecule has 17 heavy (non-hydrogen) atoms. The molecule has 0 aliphatic heterocycles. The van der Waals surface area contributed by atoms with Crippen molar-refractivity contribution in [3.8, 4) is 6.07 Å². The summed E-state index contributed by atoms with van der Waals surface area (Å²) in [5.74, 6) is 0.213. The molecule has 2 N–H and O–H groups in total. The average molecular weight is 249 g/mol. The zero-order valence-corrected chi connectivity index (χ0v) is 10.3. The van der Waals surface area contributed by atoms with Crippen molar-refractivity contribution in [3.05, 3.63) is 35.4 Å². The summed E-state index contributed by atoms with van der Waals surface area (Å²) in [5.41, 5.74) is 1.35. The van der Waals surface area contributed by atoms with Crippen molar-refractivity contribution in [2.75, 3.05) is 5.75 Å². The lowest BCUT2D eigenvalue weighted by Crippen LogP contribution is -2.19. The van der Waals surface area contributed by atoms with E-state index in [1.165, 1.54) is 0 Å². The zero-order chi connectivity index (χ0) is 12.5. The van der Waals surface area contributed by atoms with E-state index in [2.05, 4.69) is 18.7 Å². The van der Waals surface area contributed by atoms with Crippen molar-refractivity contribution in [2.45, 2.75) is 30.5 Å². The predicted octanol–water partition coefficient (Wildman–Crippen LogP) is 1.57. The van der Waals surface area contributed by atoms with Crippen LogP contribution in [0.5, 0.6) is 0 Å². The standard InChI is InChI=1S/C13H15NO2S/c14-8-13(5-6-13)10-3-1-9(2-4-10)12(16)11(15)7-17/h1-4,11-12,15-17H,5-7H2. The fraction of sp³-hybridized carbons (Fsp3) is 0.462. The van der Waals surface area contributed by atoms with Gasteiger partial charge in [-0.25, -0.2) is 0 Å². The first-order valence-electron chi connectivity index (χ1n) is 5.61. The Morgan fingerprint density at radius 1 is 1.29 bits per heavy atom. The first-order valence-corrected chi connectivity index (χ1v) is 6.25. The minimum Gasteiger partial charge on any atom is -0.389 e. The van der Waals surface area contributed by atoms with Crippen molar-refractivity contribution < 1.29 is 10.2 Å². The maximum Gasteiger partial charge on any atom is 0.106 e. The van der Waals surface area contributed by atoms with Crippen LogP contribution in [-0.4, -0.2) is 22.1 Å². The summed E-state index contributed by atoms with van der Waals surface area (Å²) in [4.78, 5) is 0. The number of thiol groups is 1. The van der Waals surface area contributed by atoms with Crippen LogP contribution in [0.3, 0.4) is 0 Å². The summed E-state index contributed by atoms with van der Waals surface area (Å²) in [5, 5.41) is 28.3. The van der Waals surface area contributed by atoms with Gasteiger partial charge in [-0.15, -0.1) is 0 Å². The topological polar surface area (TPSA) is 64.2 Å². The Balaban J connectivity index is 2.17. The number of aliphatic hydroxyl groups is 2. The Morgan fingerprint density at radius 2 is 1.88 bits per heavy atom. The van der Waals surface area contributed by atoms with E-state index in [-0.39, 0.29) is 11.2 Å². The highest BCUT2D eigenvalue weighted by molar-refractivity contribution is 7.80. The molecule has 1 aliphatic carbocycles. The van der Waals surface area contributed by atoms with Crippen LogP contribution in [0.1, 0.15) is 30.1 Å². The van der Waals surface area contributed by atoms with Gasteiger partial charge in [-0.05, 0) is 24.0 Å². The molecule has 2 atom stereocenters. The van der Waals surface area contributed by atoms with Gasteiger partial charge in [0.2, 0.25) is 0 Å². The summed E-state index contributed by atoms with van der Waals surface area (Å²) in [6, 6.07) is 9.59. The van der Waals surface area contributed by atoms with Gasteiger partial charge in [0, 0.05) is 5.75 Å². The van der Waals surface area contributed by atoms with Crippen LogP contribution >= 0.6 is 12.6 Å². The van der Waals surface area contributed by atoms with Gasteiger partial charge >= 0.3 is 0 Å². The van der Waals surface area contributed by atoms with E-state index >= 15 is 0 Å². The van der Waals surface area contributed by atoms with Gasteiger partial charge in [0.25, 0.3) is 0 Å². The third-order valence-corrected chi connectivity index (χ3v) is 3.69. The molecule has 0 bridgehead atoms. The molecule has 0 saturated heterocycles. The molecule has 0 spiro atoms. The second-order valence-electron chi connectivity index (χ2n) is 4.51. The Hall–Kier alpha value is -1.02. The van der Waals surface area contributed by atoms with Crippen molar-refractivity contribution in [1.29, 1.82) is 5.26 Å². The Bertz CT molecular complexity index is 434. The van der Waals surface area contributed by atoms with Crippen molar-refractivity contribution >= 4 is 12.6 Å². The van der Waals surface area contributed by atoms with Crippen LogP contribution in [0.4, 0.5) is 0 Å². The maximum absolute atomic E-state index is 9.79. The quantitative estimate of drug-likeness (QED) is 0.710. The van der Waals surface area contributed by atoms with Crippen LogP contribution in [0.25, 0.3) is 0 Å². The molecule has 1 saturated carbocycles. The minimum absolute atomic E-state index is 0.213. The molecule has 1 fully saturated rings. The third-order valence-electron chi connectivity index (χ3n) is 3.32. The zero-order valence-electron chi connectivity index (χ0n) is 9.37. The molecule has 90 valence electrons. The molecule has 3 nitrogen and oxygen atoms in total. The fourth-order valence-electron chi connectivity index (χ4n) is 1.91. The normalized spacial score (nSPS) is 20.4. The molecular formula is C13H15NO2S. The van der Waals surface area contributed by atoms with Gasteiger partial charge in [-0.2, -0.15) is 17.9 Å². The Kier molecular flexibility index (Phi) is 3.43. The van der Waals surface area contributed by atoms with E-state index < -0.39 is 12.2 Å². The number of rotatable bonds is 4. The molecule has 0 amide bonds. The smallest absolute Gasteiger partial charge is 0.106 e. The van der Waals surface area contributed by atoms with Gasteiger partial charge < -0.3 is 10.2 Å². The molecule has 1 aromatic carbocycles.